The van der Waals surface area contributed by atoms with Gasteiger partial charge in [-0.2, -0.15) is 0 Å². The van der Waals surface area contributed by atoms with Gasteiger partial charge in [0.2, 0.25) is 0 Å². The Morgan fingerprint density at radius 1 is 1.07 bits per heavy atom. The Hall–Kier alpha value is -3.02. The molecule has 27 heavy (non-hydrogen) atoms. The molecule has 0 spiro atoms. The Balaban J connectivity index is 1.48. The zero-order chi connectivity index (χ0) is 18.8. The van der Waals surface area contributed by atoms with Gasteiger partial charge in [-0.15, -0.1) is 0 Å². The maximum Gasteiger partial charge on any atom is 0.317 e. The van der Waals surface area contributed by atoms with E-state index < -0.39 is 0 Å². The summed E-state index contributed by atoms with van der Waals surface area (Å²) in [6.07, 6.45) is 1.66. The molecule has 1 unspecified atom stereocenters. The first-order valence-corrected chi connectivity index (χ1v) is 9.22. The number of fused-ring (bicyclic) bond motifs is 1. The predicted molar refractivity (Wildman–Crippen MR) is 103 cm³/mol. The molecule has 1 aliphatic rings. The zero-order valence-corrected chi connectivity index (χ0v) is 15.6. The van der Waals surface area contributed by atoms with Gasteiger partial charge in [0, 0.05) is 23.3 Å². The van der Waals surface area contributed by atoms with Crippen molar-refractivity contribution in [3.63, 3.8) is 0 Å². The number of rotatable bonds is 3. The molecule has 4 rings (SSSR count). The molecule has 1 saturated heterocycles. The number of ether oxygens (including phenoxy) is 1. The summed E-state index contributed by atoms with van der Waals surface area (Å²) >= 11 is 0. The number of aryl methyl sites for hydroxylation is 2. The number of carbonyl (C=O) groups excluding carboxylic acids is 1. The van der Waals surface area contributed by atoms with Crippen molar-refractivity contribution in [1.82, 2.24) is 19.9 Å². The van der Waals surface area contributed by atoms with Gasteiger partial charge in [-0.05, 0) is 44.9 Å². The highest BCUT2D eigenvalue weighted by Gasteiger charge is 2.27. The molecule has 1 atom stereocenters. The van der Waals surface area contributed by atoms with Gasteiger partial charge in [0.05, 0.1) is 12.1 Å². The molecule has 1 fully saturated rings. The second kappa shape index (κ2) is 7.31. The lowest BCUT2D eigenvalue weighted by atomic mass is 10.1. The number of piperidine rings is 1. The minimum Gasteiger partial charge on any atom is -0.458 e. The molecule has 3 aromatic rings. The molecular weight excluding hydrogens is 340 g/mol. The van der Waals surface area contributed by atoms with Gasteiger partial charge in [-0.1, -0.05) is 24.3 Å². The molecule has 0 radical (unpaired) electrons. The Kier molecular flexibility index (Phi) is 4.71. The van der Waals surface area contributed by atoms with Crippen LogP contribution in [0.3, 0.4) is 0 Å². The molecule has 3 heterocycles. The van der Waals surface area contributed by atoms with Gasteiger partial charge in [0.1, 0.15) is 11.8 Å². The van der Waals surface area contributed by atoms with E-state index in [9.17, 15) is 4.79 Å². The lowest BCUT2D eigenvalue weighted by Gasteiger charge is -2.32. The van der Waals surface area contributed by atoms with Crippen molar-refractivity contribution in [2.24, 2.45) is 0 Å². The van der Waals surface area contributed by atoms with Crippen LogP contribution in [-0.4, -0.2) is 45.0 Å². The van der Waals surface area contributed by atoms with Gasteiger partial charge in [-0.3, -0.25) is 4.79 Å². The molecule has 138 valence electrons. The number of nitrogens with zero attached hydrogens (tertiary/aromatic N) is 4. The summed E-state index contributed by atoms with van der Waals surface area (Å²) in [6.45, 7) is 5.07. The van der Waals surface area contributed by atoms with E-state index >= 15 is 0 Å². The number of hydrogen-bond donors (Lipinski definition) is 0. The topological polar surface area (TPSA) is 68.2 Å². The Bertz CT molecular complexity index is 969. The molecule has 0 saturated carbocycles. The van der Waals surface area contributed by atoms with Crippen LogP contribution in [0.25, 0.3) is 10.9 Å². The Labute approximate surface area is 158 Å². The summed E-state index contributed by atoms with van der Waals surface area (Å²) in [5, 5.41) is 1.03. The van der Waals surface area contributed by atoms with E-state index in [1.165, 1.54) is 0 Å². The fourth-order valence-corrected chi connectivity index (χ4v) is 3.46. The van der Waals surface area contributed by atoms with Crippen molar-refractivity contribution in [3.8, 4) is 6.01 Å². The van der Waals surface area contributed by atoms with E-state index in [1.54, 1.807) is 6.07 Å². The molecule has 0 aliphatic carbocycles. The van der Waals surface area contributed by atoms with Crippen LogP contribution in [0, 0.1) is 13.8 Å². The lowest BCUT2D eigenvalue weighted by molar-refractivity contribution is 0.0510. The van der Waals surface area contributed by atoms with Crippen LogP contribution in [0.4, 0.5) is 0 Å². The van der Waals surface area contributed by atoms with Gasteiger partial charge < -0.3 is 9.64 Å². The first-order valence-electron chi connectivity index (χ1n) is 9.22. The number of likely N-dealkylation sites (tertiary alicyclic amines) is 1. The number of para-hydroxylation sites is 1. The first kappa shape index (κ1) is 17.4. The molecule has 0 bridgehead atoms. The number of amides is 1. The fourth-order valence-electron chi connectivity index (χ4n) is 3.46. The third kappa shape index (κ3) is 3.89. The minimum absolute atomic E-state index is 0.0598. The highest BCUT2D eigenvalue weighted by Crippen LogP contribution is 2.19. The number of hydrogen-bond acceptors (Lipinski definition) is 5. The monoisotopic (exact) mass is 362 g/mol. The smallest absolute Gasteiger partial charge is 0.317 e. The van der Waals surface area contributed by atoms with E-state index in [2.05, 4.69) is 15.0 Å². The van der Waals surface area contributed by atoms with Crippen molar-refractivity contribution >= 4 is 16.8 Å². The van der Waals surface area contributed by atoms with E-state index in [-0.39, 0.29) is 12.0 Å². The molecule has 6 heteroatoms. The van der Waals surface area contributed by atoms with Crippen molar-refractivity contribution in [1.29, 1.82) is 0 Å². The van der Waals surface area contributed by atoms with Crippen LogP contribution < -0.4 is 4.74 Å². The summed E-state index contributed by atoms with van der Waals surface area (Å²) in [5.41, 5.74) is 3.05. The van der Waals surface area contributed by atoms with Gasteiger partial charge in [0.15, 0.2) is 0 Å². The quantitative estimate of drug-likeness (QED) is 0.715. The Morgan fingerprint density at radius 2 is 1.85 bits per heavy atom. The summed E-state index contributed by atoms with van der Waals surface area (Å²) in [6, 6.07) is 13.8. The van der Waals surface area contributed by atoms with Crippen LogP contribution >= 0.6 is 0 Å². The van der Waals surface area contributed by atoms with Crippen LogP contribution in [0.5, 0.6) is 6.01 Å². The standard InChI is InChI=1S/C21H22N4O2/c1-14-12-15(2)23-21(22-14)27-17-7-5-11-25(13-17)20(26)19-10-9-16-6-3-4-8-18(16)24-19/h3-4,6,8-10,12,17H,5,7,11,13H2,1-2H3. The highest BCUT2D eigenvalue weighted by molar-refractivity contribution is 5.95. The first-order chi connectivity index (χ1) is 13.1. The molecular formula is C21H22N4O2. The van der Waals surface area contributed by atoms with Gasteiger partial charge >= 0.3 is 6.01 Å². The third-order valence-electron chi connectivity index (χ3n) is 4.72. The number of pyridine rings is 1. The van der Waals surface area contributed by atoms with Crippen molar-refractivity contribution in [2.45, 2.75) is 32.8 Å². The fraction of sp³-hybridized carbons (Fsp3) is 0.333. The van der Waals surface area contributed by atoms with Crippen LogP contribution in [-0.2, 0) is 0 Å². The second-order valence-corrected chi connectivity index (χ2v) is 6.96. The maximum atomic E-state index is 12.9. The average Bonchev–Trinajstić information content (AvgIpc) is 2.66. The number of benzene rings is 1. The molecule has 1 aromatic carbocycles. The van der Waals surface area contributed by atoms with Crippen LogP contribution in [0.15, 0.2) is 42.5 Å². The largest absolute Gasteiger partial charge is 0.458 e. The second-order valence-electron chi connectivity index (χ2n) is 6.96. The number of aromatic nitrogens is 3. The molecule has 2 aromatic heterocycles. The molecule has 6 nitrogen and oxygen atoms in total. The summed E-state index contributed by atoms with van der Waals surface area (Å²) in [4.78, 5) is 27.9. The van der Waals surface area contributed by atoms with E-state index in [0.29, 0.717) is 24.8 Å². The maximum absolute atomic E-state index is 12.9. The van der Waals surface area contributed by atoms with Crippen LogP contribution in [0.1, 0.15) is 34.7 Å². The van der Waals surface area contributed by atoms with Gasteiger partial charge in [-0.25, -0.2) is 15.0 Å². The molecule has 1 aliphatic heterocycles. The summed E-state index contributed by atoms with van der Waals surface area (Å²) in [5.74, 6) is -0.0598. The summed E-state index contributed by atoms with van der Waals surface area (Å²) in [7, 11) is 0. The minimum atomic E-state index is -0.107. The average molecular weight is 362 g/mol. The lowest BCUT2D eigenvalue weighted by Crippen LogP contribution is -2.44. The summed E-state index contributed by atoms with van der Waals surface area (Å²) < 4.78 is 5.97. The van der Waals surface area contributed by atoms with E-state index in [4.69, 9.17) is 4.74 Å². The normalized spacial score (nSPS) is 17.1. The van der Waals surface area contributed by atoms with Gasteiger partial charge in [0.25, 0.3) is 5.91 Å². The Morgan fingerprint density at radius 3 is 2.67 bits per heavy atom. The number of carbonyl (C=O) groups is 1. The van der Waals surface area contributed by atoms with Crippen molar-refractivity contribution in [3.05, 3.63) is 59.5 Å². The SMILES string of the molecule is Cc1cc(C)nc(OC2CCCN(C(=O)c3ccc4ccccc4n3)C2)n1. The molecule has 1 amide bonds. The van der Waals surface area contributed by atoms with E-state index in [0.717, 1.165) is 35.1 Å². The molecule has 0 N–H and O–H groups in total. The van der Waals surface area contributed by atoms with E-state index in [1.807, 2.05) is 55.1 Å². The van der Waals surface area contributed by atoms with Crippen LogP contribution in [0.2, 0.25) is 0 Å². The van der Waals surface area contributed by atoms with Crippen molar-refractivity contribution in [2.75, 3.05) is 13.1 Å². The third-order valence-corrected chi connectivity index (χ3v) is 4.72. The van der Waals surface area contributed by atoms with Crippen molar-refractivity contribution < 1.29 is 9.53 Å². The predicted octanol–water partition coefficient (Wildman–Crippen LogP) is 3.33. The zero-order valence-electron chi connectivity index (χ0n) is 15.6. The highest BCUT2D eigenvalue weighted by atomic mass is 16.5.